The molecule has 12 aromatic rings. The Morgan fingerprint density at radius 2 is 0.772 bits per heavy atom. The molecule has 0 saturated carbocycles. The molecule has 0 aliphatic heterocycles. The van der Waals surface area contributed by atoms with E-state index in [1.54, 1.807) is 0 Å². The molecule has 0 fully saturated rings. The second kappa shape index (κ2) is 12.4. The molecule has 0 atom stereocenters. The molecule has 0 radical (unpaired) electrons. The summed E-state index contributed by atoms with van der Waals surface area (Å²) in [5.41, 5.74) is 13.5. The third-order valence-corrected chi connectivity index (χ3v) is 11.6. The van der Waals surface area contributed by atoms with E-state index >= 15 is 0 Å². The zero-order valence-corrected chi connectivity index (χ0v) is 30.9. The first kappa shape index (κ1) is 31.6. The van der Waals surface area contributed by atoms with Gasteiger partial charge in [-0.1, -0.05) is 140 Å². The van der Waals surface area contributed by atoms with E-state index in [1.807, 2.05) is 0 Å². The minimum Gasteiger partial charge on any atom is -0.309 e. The molecule has 4 heteroatoms. The van der Waals surface area contributed by atoms with Gasteiger partial charge < -0.3 is 9.13 Å². The number of aromatic nitrogens is 4. The minimum absolute atomic E-state index is 0.982. The van der Waals surface area contributed by atoms with E-state index in [0.717, 1.165) is 61.1 Å². The third kappa shape index (κ3) is 4.84. The smallest absolute Gasteiger partial charge is 0.101 e. The Morgan fingerprint density at radius 1 is 0.298 bits per heavy atom. The maximum Gasteiger partial charge on any atom is 0.101 e. The fourth-order valence-corrected chi connectivity index (χ4v) is 9.10. The average Bonchev–Trinajstić information content (AvgIpc) is 3.95. The summed E-state index contributed by atoms with van der Waals surface area (Å²) in [6.45, 7) is 0. The summed E-state index contributed by atoms with van der Waals surface area (Å²) in [5.74, 6) is 0. The van der Waals surface area contributed by atoms with Gasteiger partial charge in [0.1, 0.15) is 5.69 Å². The first-order valence-electron chi connectivity index (χ1n) is 19.5. The normalized spacial score (nSPS) is 11.9. The Balaban J connectivity index is 1.13. The molecule has 0 unspecified atom stereocenters. The summed E-state index contributed by atoms with van der Waals surface area (Å²) in [4.78, 5) is 0. The van der Waals surface area contributed by atoms with E-state index in [1.165, 1.54) is 43.6 Å². The second-order valence-corrected chi connectivity index (χ2v) is 14.8. The van der Waals surface area contributed by atoms with Crippen molar-refractivity contribution in [2.75, 3.05) is 0 Å². The Bertz CT molecular complexity index is 3270. The van der Waals surface area contributed by atoms with Gasteiger partial charge in [0.25, 0.3) is 0 Å². The highest BCUT2D eigenvalue weighted by atomic mass is 15.3. The van der Waals surface area contributed by atoms with Gasteiger partial charge >= 0.3 is 0 Å². The van der Waals surface area contributed by atoms with Gasteiger partial charge in [0.2, 0.25) is 0 Å². The number of rotatable bonds is 5. The Kier molecular flexibility index (Phi) is 6.89. The number of hydrogen-bond donors (Lipinski definition) is 0. The van der Waals surface area contributed by atoms with E-state index in [-0.39, 0.29) is 0 Å². The van der Waals surface area contributed by atoms with E-state index in [0.29, 0.717) is 0 Å². The van der Waals surface area contributed by atoms with Gasteiger partial charge in [-0.3, -0.25) is 0 Å². The molecular weight excluding hydrogens is 693 g/mol. The monoisotopic (exact) mass is 726 g/mol. The van der Waals surface area contributed by atoms with Gasteiger partial charge in [-0.2, -0.15) is 5.10 Å². The standard InChI is InChI=1S/C53H34N4/c1-3-15-35(16-4-1)52-47-30-28-37-31-36(27-29-42(37)53(47)57(54-52)39-17-5-2-6-18-39)38-32-40(55-48-23-11-7-19-43(48)44-20-8-12-24-49(44)55)34-41(33-38)56-50-25-13-9-21-45(50)46-22-10-14-26-51(46)56/h1-34H. The Hall–Kier alpha value is -7.69. The second-order valence-electron chi connectivity index (χ2n) is 14.8. The van der Waals surface area contributed by atoms with Gasteiger partial charge in [-0.05, 0) is 83.2 Å². The van der Waals surface area contributed by atoms with Crippen LogP contribution < -0.4 is 0 Å². The van der Waals surface area contributed by atoms with Crippen LogP contribution in [-0.4, -0.2) is 18.9 Å². The molecular formula is C53H34N4. The maximum absolute atomic E-state index is 5.25. The van der Waals surface area contributed by atoms with Gasteiger partial charge in [0.15, 0.2) is 0 Å². The number of fused-ring (bicyclic) bond motifs is 9. The lowest BCUT2D eigenvalue weighted by Crippen LogP contribution is -2.00. The van der Waals surface area contributed by atoms with Crippen LogP contribution >= 0.6 is 0 Å². The Labute approximate surface area is 328 Å². The van der Waals surface area contributed by atoms with Crippen LogP contribution in [0.1, 0.15) is 0 Å². The van der Waals surface area contributed by atoms with Crippen molar-refractivity contribution in [3.05, 3.63) is 206 Å². The van der Waals surface area contributed by atoms with E-state index in [2.05, 4.69) is 220 Å². The molecule has 57 heavy (non-hydrogen) atoms. The van der Waals surface area contributed by atoms with Crippen molar-refractivity contribution in [3.8, 4) is 39.4 Å². The molecule has 0 amide bonds. The van der Waals surface area contributed by atoms with Crippen LogP contribution in [0, 0.1) is 0 Å². The molecule has 4 nitrogen and oxygen atoms in total. The molecule has 3 aromatic heterocycles. The van der Waals surface area contributed by atoms with E-state index < -0.39 is 0 Å². The molecule has 0 aliphatic carbocycles. The lowest BCUT2D eigenvalue weighted by molar-refractivity contribution is 0.918. The van der Waals surface area contributed by atoms with Crippen LogP contribution in [-0.2, 0) is 0 Å². The largest absolute Gasteiger partial charge is 0.309 e. The molecule has 12 rings (SSSR count). The van der Waals surface area contributed by atoms with Gasteiger partial charge in [0.05, 0.1) is 33.3 Å². The van der Waals surface area contributed by atoms with E-state index in [9.17, 15) is 0 Å². The first-order chi connectivity index (χ1) is 28.3. The summed E-state index contributed by atoms with van der Waals surface area (Å²) >= 11 is 0. The fraction of sp³-hybridized carbons (Fsp3) is 0. The van der Waals surface area contributed by atoms with Crippen molar-refractivity contribution in [2.24, 2.45) is 0 Å². The van der Waals surface area contributed by atoms with Crippen LogP contribution in [0.2, 0.25) is 0 Å². The highest BCUT2D eigenvalue weighted by Gasteiger charge is 2.19. The van der Waals surface area contributed by atoms with Crippen LogP contribution in [0.5, 0.6) is 0 Å². The number of benzene rings is 9. The molecule has 3 heterocycles. The van der Waals surface area contributed by atoms with Crippen LogP contribution in [0.3, 0.4) is 0 Å². The zero-order valence-electron chi connectivity index (χ0n) is 30.9. The molecule has 0 N–H and O–H groups in total. The summed E-state index contributed by atoms with van der Waals surface area (Å²) in [5, 5.41) is 13.7. The highest BCUT2D eigenvalue weighted by Crippen LogP contribution is 2.40. The maximum atomic E-state index is 5.25. The fourth-order valence-electron chi connectivity index (χ4n) is 9.10. The highest BCUT2D eigenvalue weighted by molar-refractivity contribution is 6.13. The average molecular weight is 727 g/mol. The van der Waals surface area contributed by atoms with E-state index in [4.69, 9.17) is 5.10 Å². The molecule has 0 saturated heterocycles. The third-order valence-electron chi connectivity index (χ3n) is 11.6. The zero-order chi connectivity index (χ0) is 37.5. The van der Waals surface area contributed by atoms with Crippen molar-refractivity contribution in [1.82, 2.24) is 18.9 Å². The van der Waals surface area contributed by atoms with Crippen molar-refractivity contribution < 1.29 is 0 Å². The first-order valence-corrected chi connectivity index (χ1v) is 19.5. The topological polar surface area (TPSA) is 27.7 Å². The number of hydrogen-bond acceptors (Lipinski definition) is 1. The molecule has 9 aromatic carbocycles. The number of para-hydroxylation sites is 5. The lowest BCUT2D eigenvalue weighted by atomic mass is 9.97. The van der Waals surface area contributed by atoms with Gasteiger partial charge in [0, 0.05) is 49.3 Å². The quantitative estimate of drug-likeness (QED) is 0.174. The summed E-state index contributed by atoms with van der Waals surface area (Å²) in [6.07, 6.45) is 0. The summed E-state index contributed by atoms with van der Waals surface area (Å²) in [7, 11) is 0. The number of nitrogens with zero attached hydrogens (tertiary/aromatic N) is 4. The lowest BCUT2D eigenvalue weighted by Gasteiger charge is -2.16. The molecule has 0 spiro atoms. The van der Waals surface area contributed by atoms with Crippen molar-refractivity contribution in [2.45, 2.75) is 0 Å². The summed E-state index contributed by atoms with van der Waals surface area (Å²) in [6, 6.07) is 74.5. The van der Waals surface area contributed by atoms with Crippen molar-refractivity contribution in [3.63, 3.8) is 0 Å². The Morgan fingerprint density at radius 3 is 1.32 bits per heavy atom. The van der Waals surface area contributed by atoms with Crippen LogP contribution in [0.4, 0.5) is 0 Å². The molecule has 0 aliphatic rings. The predicted molar refractivity (Wildman–Crippen MR) is 238 cm³/mol. The molecule has 266 valence electrons. The summed E-state index contributed by atoms with van der Waals surface area (Å²) < 4.78 is 6.97. The van der Waals surface area contributed by atoms with Gasteiger partial charge in [-0.25, -0.2) is 4.68 Å². The van der Waals surface area contributed by atoms with Crippen molar-refractivity contribution in [1.29, 1.82) is 0 Å². The molecule has 0 bridgehead atoms. The van der Waals surface area contributed by atoms with Crippen molar-refractivity contribution >= 4 is 65.3 Å². The van der Waals surface area contributed by atoms with Crippen LogP contribution in [0.15, 0.2) is 206 Å². The minimum atomic E-state index is 0.982. The SMILES string of the molecule is c1ccc(-c2nn(-c3ccccc3)c3c2ccc2cc(-c4cc(-n5c6ccccc6c6ccccc65)cc(-n5c6ccccc6c6ccccc65)c4)ccc23)cc1. The predicted octanol–water partition coefficient (Wildman–Crippen LogP) is 13.7. The van der Waals surface area contributed by atoms with Crippen LogP contribution in [0.25, 0.3) is 105 Å². The van der Waals surface area contributed by atoms with Gasteiger partial charge in [-0.15, -0.1) is 0 Å².